The fraction of sp³-hybridized carbons (Fsp3) is 0.467. The highest BCUT2D eigenvalue weighted by Crippen LogP contribution is 2.39. The van der Waals surface area contributed by atoms with Gasteiger partial charge in [-0.2, -0.15) is 0 Å². The standard InChI is InChI=1S/C15H20N2O3/c1-9-4-5-10(13(18)19)8-12(9)16-14(20)17-15(2,3)11-6-7-11/h4-5,8,11H,6-7H2,1-3H3,(H,18,19)(H2,16,17,20). The van der Waals surface area contributed by atoms with Crippen molar-refractivity contribution in [1.29, 1.82) is 0 Å². The Bertz CT molecular complexity index is 548. The van der Waals surface area contributed by atoms with Crippen molar-refractivity contribution in [3.8, 4) is 0 Å². The van der Waals surface area contributed by atoms with Gasteiger partial charge in [0.15, 0.2) is 0 Å². The predicted molar refractivity (Wildman–Crippen MR) is 77.1 cm³/mol. The number of hydrogen-bond acceptors (Lipinski definition) is 2. The van der Waals surface area contributed by atoms with Gasteiger partial charge in [0, 0.05) is 11.2 Å². The van der Waals surface area contributed by atoms with Gasteiger partial charge >= 0.3 is 12.0 Å². The molecular formula is C15H20N2O3. The van der Waals surface area contributed by atoms with E-state index in [-0.39, 0.29) is 17.1 Å². The lowest BCUT2D eigenvalue weighted by Gasteiger charge is -2.26. The minimum absolute atomic E-state index is 0.160. The second kappa shape index (κ2) is 5.15. The average Bonchev–Trinajstić information content (AvgIpc) is 3.15. The summed E-state index contributed by atoms with van der Waals surface area (Å²) in [7, 11) is 0. The SMILES string of the molecule is Cc1ccc(C(=O)O)cc1NC(=O)NC(C)(C)C1CC1. The van der Waals surface area contributed by atoms with Crippen molar-refractivity contribution < 1.29 is 14.7 Å². The summed E-state index contributed by atoms with van der Waals surface area (Å²) in [4.78, 5) is 23.0. The number of aromatic carboxylic acids is 1. The number of benzene rings is 1. The molecule has 1 fully saturated rings. The van der Waals surface area contributed by atoms with Crippen LogP contribution in [-0.4, -0.2) is 22.6 Å². The molecule has 0 spiro atoms. The van der Waals surface area contributed by atoms with E-state index in [1.807, 2.05) is 20.8 Å². The zero-order valence-electron chi connectivity index (χ0n) is 12.0. The van der Waals surface area contributed by atoms with Crippen molar-refractivity contribution in [3.63, 3.8) is 0 Å². The number of anilines is 1. The number of carboxylic acid groups (broad SMARTS) is 1. The van der Waals surface area contributed by atoms with Gasteiger partial charge in [-0.1, -0.05) is 6.07 Å². The molecule has 0 heterocycles. The van der Waals surface area contributed by atoms with Crippen LogP contribution in [-0.2, 0) is 0 Å². The maximum atomic E-state index is 12.0. The minimum Gasteiger partial charge on any atom is -0.478 e. The maximum absolute atomic E-state index is 12.0. The first-order chi connectivity index (χ1) is 9.29. The molecule has 0 aliphatic heterocycles. The number of rotatable bonds is 4. The second-order valence-corrected chi connectivity index (χ2v) is 5.91. The van der Waals surface area contributed by atoms with Crippen LogP contribution in [0.25, 0.3) is 0 Å². The van der Waals surface area contributed by atoms with Crippen LogP contribution in [0.5, 0.6) is 0 Å². The van der Waals surface area contributed by atoms with Gasteiger partial charge in [0.05, 0.1) is 5.56 Å². The molecule has 2 rings (SSSR count). The number of carbonyl (C=O) groups is 2. The molecule has 5 nitrogen and oxygen atoms in total. The summed E-state index contributed by atoms with van der Waals surface area (Å²) >= 11 is 0. The Morgan fingerprint density at radius 1 is 1.30 bits per heavy atom. The van der Waals surface area contributed by atoms with E-state index in [0.717, 1.165) is 18.4 Å². The highest BCUT2D eigenvalue weighted by atomic mass is 16.4. The number of aryl methyl sites for hydroxylation is 1. The van der Waals surface area contributed by atoms with Crippen LogP contribution < -0.4 is 10.6 Å². The van der Waals surface area contributed by atoms with Crippen LogP contribution in [0.3, 0.4) is 0 Å². The first kappa shape index (κ1) is 14.4. The van der Waals surface area contributed by atoms with Crippen molar-refractivity contribution >= 4 is 17.7 Å². The average molecular weight is 276 g/mol. The maximum Gasteiger partial charge on any atom is 0.335 e. The lowest BCUT2D eigenvalue weighted by Crippen LogP contribution is -2.47. The molecule has 1 aliphatic rings. The fourth-order valence-corrected chi connectivity index (χ4v) is 2.24. The molecule has 0 unspecified atom stereocenters. The monoisotopic (exact) mass is 276 g/mol. The Morgan fingerprint density at radius 3 is 2.50 bits per heavy atom. The van der Waals surface area contributed by atoms with E-state index in [4.69, 9.17) is 5.11 Å². The van der Waals surface area contributed by atoms with Crippen LogP contribution in [0.4, 0.5) is 10.5 Å². The molecule has 1 aliphatic carbocycles. The molecule has 0 atom stereocenters. The number of amides is 2. The summed E-state index contributed by atoms with van der Waals surface area (Å²) < 4.78 is 0. The van der Waals surface area contributed by atoms with Crippen molar-refractivity contribution in [2.75, 3.05) is 5.32 Å². The molecule has 1 aromatic carbocycles. The van der Waals surface area contributed by atoms with Crippen LogP contribution >= 0.6 is 0 Å². The number of carbonyl (C=O) groups excluding carboxylic acids is 1. The zero-order valence-corrected chi connectivity index (χ0v) is 12.0. The molecule has 3 N–H and O–H groups in total. The molecule has 1 saturated carbocycles. The van der Waals surface area contributed by atoms with Gasteiger partial charge in [-0.3, -0.25) is 0 Å². The van der Waals surface area contributed by atoms with E-state index < -0.39 is 5.97 Å². The third kappa shape index (κ3) is 3.29. The number of nitrogens with one attached hydrogen (secondary N) is 2. The van der Waals surface area contributed by atoms with Crippen LogP contribution in [0.15, 0.2) is 18.2 Å². The number of hydrogen-bond donors (Lipinski definition) is 3. The molecule has 5 heteroatoms. The second-order valence-electron chi connectivity index (χ2n) is 5.91. The van der Waals surface area contributed by atoms with Crippen LogP contribution in [0.1, 0.15) is 42.6 Å². The molecule has 1 aromatic rings. The third-order valence-electron chi connectivity index (χ3n) is 3.77. The lowest BCUT2D eigenvalue weighted by atomic mass is 9.99. The number of carboxylic acids is 1. The Morgan fingerprint density at radius 2 is 1.95 bits per heavy atom. The Kier molecular flexibility index (Phi) is 3.70. The van der Waals surface area contributed by atoms with Gasteiger partial charge in [-0.05, 0) is 57.2 Å². The summed E-state index contributed by atoms with van der Waals surface area (Å²) in [5.41, 5.74) is 1.28. The van der Waals surface area contributed by atoms with E-state index in [1.165, 1.54) is 12.1 Å². The molecular weight excluding hydrogens is 256 g/mol. The normalized spacial score (nSPS) is 14.8. The Hall–Kier alpha value is -2.04. The van der Waals surface area contributed by atoms with E-state index >= 15 is 0 Å². The lowest BCUT2D eigenvalue weighted by molar-refractivity contribution is 0.0697. The largest absolute Gasteiger partial charge is 0.478 e. The van der Waals surface area contributed by atoms with Gasteiger partial charge in [0.1, 0.15) is 0 Å². The fourth-order valence-electron chi connectivity index (χ4n) is 2.24. The predicted octanol–water partition coefficient (Wildman–Crippen LogP) is 3.00. The van der Waals surface area contributed by atoms with Crippen molar-refractivity contribution in [3.05, 3.63) is 29.3 Å². The van der Waals surface area contributed by atoms with Crippen molar-refractivity contribution in [2.24, 2.45) is 5.92 Å². The van der Waals surface area contributed by atoms with E-state index in [0.29, 0.717) is 11.6 Å². The molecule has 108 valence electrons. The van der Waals surface area contributed by atoms with Gasteiger partial charge < -0.3 is 15.7 Å². The summed E-state index contributed by atoms with van der Waals surface area (Å²) in [5, 5.41) is 14.6. The summed E-state index contributed by atoms with van der Waals surface area (Å²) in [6.45, 7) is 5.84. The molecule has 0 bridgehead atoms. The summed E-state index contributed by atoms with van der Waals surface area (Å²) in [6, 6.07) is 4.38. The van der Waals surface area contributed by atoms with Gasteiger partial charge in [-0.15, -0.1) is 0 Å². The minimum atomic E-state index is -1.01. The molecule has 0 radical (unpaired) electrons. The van der Waals surface area contributed by atoms with E-state index in [2.05, 4.69) is 10.6 Å². The topological polar surface area (TPSA) is 78.4 Å². The van der Waals surface area contributed by atoms with E-state index in [1.54, 1.807) is 6.07 Å². The molecule has 20 heavy (non-hydrogen) atoms. The van der Waals surface area contributed by atoms with Crippen LogP contribution in [0, 0.1) is 12.8 Å². The highest BCUT2D eigenvalue weighted by Gasteiger charge is 2.38. The molecule has 0 aromatic heterocycles. The van der Waals surface area contributed by atoms with Crippen LogP contribution in [0.2, 0.25) is 0 Å². The quantitative estimate of drug-likeness (QED) is 0.791. The molecule has 2 amide bonds. The zero-order chi connectivity index (χ0) is 14.9. The van der Waals surface area contributed by atoms with Gasteiger partial charge in [-0.25, -0.2) is 9.59 Å². The van der Waals surface area contributed by atoms with Gasteiger partial charge in [0.25, 0.3) is 0 Å². The molecule has 0 saturated heterocycles. The summed E-state index contributed by atoms with van der Waals surface area (Å²) in [5.74, 6) is -0.480. The summed E-state index contributed by atoms with van der Waals surface area (Å²) in [6.07, 6.45) is 2.28. The smallest absolute Gasteiger partial charge is 0.335 e. The first-order valence-electron chi connectivity index (χ1n) is 6.73. The highest BCUT2D eigenvalue weighted by molar-refractivity contribution is 5.94. The van der Waals surface area contributed by atoms with Crippen molar-refractivity contribution in [2.45, 2.75) is 39.2 Å². The Balaban J connectivity index is 2.07. The van der Waals surface area contributed by atoms with Crippen molar-refractivity contribution in [1.82, 2.24) is 5.32 Å². The number of urea groups is 1. The van der Waals surface area contributed by atoms with E-state index in [9.17, 15) is 9.59 Å². The first-order valence-corrected chi connectivity index (χ1v) is 6.73. The third-order valence-corrected chi connectivity index (χ3v) is 3.77. The Labute approximate surface area is 118 Å². The van der Waals surface area contributed by atoms with Gasteiger partial charge in [0.2, 0.25) is 0 Å².